The number of nitrogens with one attached hydrogen (secondary N) is 2. The van der Waals surface area contributed by atoms with Crippen molar-refractivity contribution < 1.29 is 24.2 Å². The molecule has 0 saturated heterocycles. The standard InChI is InChI=1S/C32H36N4O5/c1-32(2,3)41-31(39)33-17-18-40-30(38)23-13-16-25-26(19-23)35-29(37)27(25)28(22-9-7-6-8-10-22)34-24-14-11-21(12-15-24)20-36(4)5/h6-16,19,35,37H,17-18,20H2,1-5H3,(H,33,39). The molecule has 3 N–H and O–H groups in total. The Labute approximate surface area is 239 Å². The number of esters is 1. The summed E-state index contributed by atoms with van der Waals surface area (Å²) < 4.78 is 10.5. The van der Waals surface area contributed by atoms with E-state index in [9.17, 15) is 14.7 Å². The Balaban J connectivity index is 1.57. The maximum absolute atomic E-state index is 12.7. The molecule has 9 nitrogen and oxygen atoms in total. The summed E-state index contributed by atoms with van der Waals surface area (Å²) in [5.41, 5.74) is 4.13. The first-order valence-corrected chi connectivity index (χ1v) is 13.4. The van der Waals surface area contributed by atoms with Gasteiger partial charge in [0.05, 0.1) is 29.1 Å². The number of ether oxygens (including phenoxy) is 2. The molecule has 3 aromatic carbocycles. The van der Waals surface area contributed by atoms with Crippen LogP contribution in [0.3, 0.4) is 0 Å². The van der Waals surface area contributed by atoms with Crippen LogP contribution in [0.25, 0.3) is 10.9 Å². The second kappa shape index (κ2) is 12.7. The highest BCUT2D eigenvalue weighted by Gasteiger charge is 2.20. The van der Waals surface area contributed by atoms with Crippen LogP contribution in [0, 0.1) is 0 Å². The van der Waals surface area contributed by atoms with Crippen molar-refractivity contribution in [2.75, 3.05) is 27.2 Å². The summed E-state index contributed by atoms with van der Waals surface area (Å²) in [6.07, 6.45) is -0.579. The Kier molecular flexibility index (Phi) is 9.09. The molecule has 0 aliphatic heterocycles. The van der Waals surface area contributed by atoms with Crippen LogP contribution in [-0.4, -0.2) is 65.6 Å². The molecule has 4 aromatic rings. The van der Waals surface area contributed by atoms with Crippen molar-refractivity contribution >= 4 is 34.4 Å². The highest BCUT2D eigenvalue weighted by Crippen LogP contribution is 2.32. The zero-order valence-electron chi connectivity index (χ0n) is 24.0. The molecule has 0 fully saturated rings. The Bertz CT molecular complexity index is 1530. The summed E-state index contributed by atoms with van der Waals surface area (Å²) in [5.74, 6) is -0.609. The fourth-order valence-corrected chi connectivity index (χ4v) is 4.28. The van der Waals surface area contributed by atoms with Gasteiger partial charge in [-0.05, 0) is 64.7 Å². The highest BCUT2D eigenvalue weighted by atomic mass is 16.6. The molecule has 0 atom stereocenters. The largest absolute Gasteiger partial charge is 0.494 e. The average Bonchev–Trinajstić information content (AvgIpc) is 3.24. The number of hydrogen-bond donors (Lipinski definition) is 3. The second-order valence-corrected chi connectivity index (χ2v) is 10.9. The van der Waals surface area contributed by atoms with Crippen LogP contribution in [-0.2, 0) is 16.0 Å². The normalized spacial score (nSPS) is 12.0. The monoisotopic (exact) mass is 556 g/mol. The highest BCUT2D eigenvalue weighted by molar-refractivity contribution is 6.22. The van der Waals surface area contributed by atoms with Crippen LogP contribution < -0.4 is 5.32 Å². The number of nitrogens with zero attached hydrogens (tertiary/aromatic N) is 2. The molecule has 0 saturated carbocycles. The summed E-state index contributed by atoms with van der Waals surface area (Å²) >= 11 is 0. The summed E-state index contributed by atoms with van der Waals surface area (Å²) in [6, 6.07) is 22.7. The molecule has 0 aliphatic rings. The molecule has 1 heterocycles. The van der Waals surface area contributed by atoms with E-state index in [0.717, 1.165) is 17.8 Å². The van der Waals surface area contributed by atoms with Gasteiger partial charge in [0.15, 0.2) is 5.88 Å². The van der Waals surface area contributed by atoms with Gasteiger partial charge in [-0.1, -0.05) is 48.5 Å². The van der Waals surface area contributed by atoms with Gasteiger partial charge >= 0.3 is 12.1 Å². The van der Waals surface area contributed by atoms with Crippen LogP contribution in [0.2, 0.25) is 0 Å². The molecule has 9 heteroatoms. The minimum absolute atomic E-state index is 0.0184. The number of fused-ring (bicyclic) bond motifs is 1. The summed E-state index contributed by atoms with van der Waals surface area (Å²) in [6.45, 7) is 6.23. The predicted octanol–water partition coefficient (Wildman–Crippen LogP) is 5.79. The van der Waals surface area contributed by atoms with Gasteiger partial charge in [0.1, 0.15) is 12.2 Å². The van der Waals surface area contributed by atoms with Gasteiger partial charge in [-0.25, -0.2) is 14.6 Å². The summed E-state index contributed by atoms with van der Waals surface area (Å²) in [4.78, 5) is 34.5. The lowest BCUT2D eigenvalue weighted by Gasteiger charge is -2.19. The van der Waals surface area contributed by atoms with E-state index in [1.54, 1.807) is 39.0 Å². The van der Waals surface area contributed by atoms with E-state index in [1.807, 2.05) is 68.7 Å². The Morgan fingerprint density at radius 3 is 2.34 bits per heavy atom. The zero-order valence-corrected chi connectivity index (χ0v) is 24.0. The van der Waals surface area contributed by atoms with E-state index in [-0.39, 0.29) is 19.0 Å². The van der Waals surface area contributed by atoms with E-state index < -0.39 is 17.7 Å². The Hall–Kier alpha value is -4.63. The molecule has 1 aromatic heterocycles. The summed E-state index contributed by atoms with van der Waals surface area (Å²) in [5, 5.41) is 14.3. The first-order chi connectivity index (χ1) is 19.5. The molecule has 41 heavy (non-hydrogen) atoms. The predicted molar refractivity (Wildman–Crippen MR) is 160 cm³/mol. The molecule has 0 bridgehead atoms. The number of aromatic hydroxyl groups is 1. The van der Waals surface area contributed by atoms with Gasteiger partial charge in [0, 0.05) is 23.0 Å². The zero-order chi connectivity index (χ0) is 29.6. The molecule has 0 aliphatic carbocycles. The minimum Gasteiger partial charge on any atom is -0.494 e. The summed E-state index contributed by atoms with van der Waals surface area (Å²) in [7, 11) is 4.04. The molecular weight excluding hydrogens is 520 g/mol. The molecular formula is C32H36N4O5. The number of hydrogen-bond acceptors (Lipinski definition) is 7. The third-order valence-corrected chi connectivity index (χ3v) is 5.98. The van der Waals surface area contributed by atoms with Gasteiger partial charge in [-0.3, -0.25) is 0 Å². The third kappa shape index (κ3) is 7.95. The van der Waals surface area contributed by atoms with Crippen molar-refractivity contribution in [2.45, 2.75) is 32.9 Å². The average molecular weight is 557 g/mol. The number of H-pyrrole nitrogens is 1. The van der Waals surface area contributed by atoms with Crippen LogP contribution in [0.15, 0.2) is 77.8 Å². The van der Waals surface area contributed by atoms with Crippen molar-refractivity contribution in [1.82, 2.24) is 15.2 Å². The Morgan fingerprint density at radius 2 is 1.68 bits per heavy atom. The van der Waals surface area contributed by atoms with Crippen LogP contribution in [0.5, 0.6) is 5.88 Å². The fourth-order valence-electron chi connectivity index (χ4n) is 4.28. The second-order valence-electron chi connectivity index (χ2n) is 10.9. The molecule has 4 rings (SSSR count). The van der Waals surface area contributed by atoms with Crippen molar-refractivity contribution in [3.63, 3.8) is 0 Å². The van der Waals surface area contributed by atoms with E-state index in [2.05, 4.69) is 15.2 Å². The van der Waals surface area contributed by atoms with Crippen molar-refractivity contribution in [1.29, 1.82) is 0 Å². The van der Waals surface area contributed by atoms with Gasteiger partial charge in [0.25, 0.3) is 0 Å². The van der Waals surface area contributed by atoms with Gasteiger partial charge < -0.3 is 29.8 Å². The number of amides is 1. The number of aromatic amines is 1. The van der Waals surface area contributed by atoms with Crippen LogP contribution in [0.1, 0.15) is 47.8 Å². The van der Waals surface area contributed by atoms with E-state index in [4.69, 9.17) is 14.5 Å². The van der Waals surface area contributed by atoms with E-state index in [1.165, 1.54) is 5.56 Å². The molecule has 214 valence electrons. The first kappa shape index (κ1) is 29.4. The van der Waals surface area contributed by atoms with Crippen molar-refractivity contribution in [3.8, 4) is 5.88 Å². The fraction of sp³-hybridized carbons (Fsp3) is 0.281. The third-order valence-electron chi connectivity index (χ3n) is 5.98. The van der Waals surface area contributed by atoms with Gasteiger partial charge in [-0.2, -0.15) is 0 Å². The number of benzene rings is 3. The lowest BCUT2D eigenvalue weighted by atomic mass is 10.00. The number of aromatic nitrogens is 1. The quantitative estimate of drug-likeness (QED) is 0.137. The Morgan fingerprint density at radius 1 is 0.976 bits per heavy atom. The number of alkyl carbamates (subject to hydrolysis) is 1. The maximum Gasteiger partial charge on any atom is 0.407 e. The first-order valence-electron chi connectivity index (χ1n) is 13.4. The van der Waals surface area contributed by atoms with E-state index >= 15 is 0 Å². The molecule has 0 spiro atoms. The van der Waals surface area contributed by atoms with E-state index in [0.29, 0.717) is 27.7 Å². The smallest absolute Gasteiger partial charge is 0.407 e. The number of carbonyl (C=O) groups is 2. The maximum atomic E-state index is 12.7. The topological polar surface area (TPSA) is 116 Å². The van der Waals surface area contributed by atoms with Gasteiger partial charge in [0.2, 0.25) is 0 Å². The van der Waals surface area contributed by atoms with Crippen molar-refractivity contribution in [3.05, 3.63) is 95.1 Å². The molecule has 0 unspecified atom stereocenters. The van der Waals surface area contributed by atoms with Crippen molar-refractivity contribution in [2.24, 2.45) is 4.99 Å². The lowest BCUT2D eigenvalue weighted by molar-refractivity contribution is 0.0434. The minimum atomic E-state index is -0.613. The number of carbonyl (C=O) groups excluding carboxylic acids is 2. The SMILES string of the molecule is CN(C)Cc1ccc(N=C(c2ccccc2)c2c(O)[nH]c3cc(C(=O)OCCNC(=O)OC(C)(C)C)ccc23)cc1. The number of aliphatic imine (C=N–C) groups is 1. The van der Waals surface area contributed by atoms with Gasteiger partial charge in [-0.15, -0.1) is 0 Å². The molecule has 1 amide bonds. The van der Waals surface area contributed by atoms with Crippen LogP contribution >= 0.6 is 0 Å². The molecule has 0 radical (unpaired) electrons. The number of rotatable bonds is 9. The van der Waals surface area contributed by atoms with Crippen LogP contribution in [0.4, 0.5) is 10.5 Å². The lowest BCUT2D eigenvalue weighted by Crippen LogP contribution is -2.34.